The molecular formula is C22H48BF4P. The maximum atomic E-state index is 9.75. The third-order valence-electron chi connectivity index (χ3n) is 5.44. The van der Waals surface area contributed by atoms with Crippen molar-refractivity contribution in [1.29, 1.82) is 0 Å². The molecule has 0 aromatic rings. The van der Waals surface area contributed by atoms with Crippen molar-refractivity contribution < 1.29 is 17.3 Å². The number of unbranched alkanes of at least 4 members (excludes halogenated alkanes) is 10. The summed E-state index contributed by atoms with van der Waals surface area (Å²) in [6, 6.07) is 0. The van der Waals surface area contributed by atoms with Gasteiger partial charge in [-0.05, 0) is 32.1 Å². The van der Waals surface area contributed by atoms with Crippen LogP contribution in [0, 0.1) is 0 Å². The average molecular weight is 430 g/mol. The molecule has 0 rings (SSSR count). The van der Waals surface area contributed by atoms with Crippen molar-refractivity contribution in [2.75, 3.05) is 24.6 Å². The molecule has 0 unspecified atom stereocenters. The summed E-state index contributed by atoms with van der Waals surface area (Å²) in [5, 5.41) is 0. The van der Waals surface area contributed by atoms with Crippen molar-refractivity contribution >= 4 is 14.5 Å². The summed E-state index contributed by atoms with van der Waals surface area (Å²) in [4.78, 5) is 0. The molecule has 28 heavy (non-hydrogen) atoms. The highest BCUT2D eigenvalue weighted by Crippen LogP contribution is 2.61. The Morgan fingerprint density at radius 2 is 0.679 bits per heavy atom. The fourth-order valence-corrected chi connectivity index (χ4v) is 8.93. The topological polar surface area (TPSA) is 0 Å². The summed E-state index contributed by atoms with van der Waals surface area (Å²) in [6.07, 6.45) is 27.0. The Morgan fingerprint density at radius 1 is 0.429 bits per heavy atom. The number of rotatable bonds is 18. The second-order valence-corrected chi connectivity index (χ2v) is 12.7. The lowest BCUT2D eigenvalue weighted by molar-refractivity contribution is 0.368. The van der Waals surface area contributed by atoms with E-state index in [1.54, 1.807) is 31.1 Å². The minimum absolute atomic E-state index is 0.612. The van der Waals surface area contributed by atoms with E-state index in [1.165, 1.54) is 83.5 Å². The second kappa shape index (κ2) is 20.5. The third-order valence-corrected chi connectivity index (χ3v) is 10.5. The minimum Gasteiger partial charge on any atom is -0.418 e. The molecule has 0 amide bonds. The maximum absolute atomic E-state index is 9.75. The summed E-state index contributed by atoms with van der Waals surface area (Å²) in [6.45, 7) is 9.45. The van der Waals surface area contributed by atoms with Gasteiger partial charge >= 0.3 is 7.25 Å². The first-order valence-electron chi connectivity index (χ1n) is 12.0. The monoisotopic (exact) mass is 430 g/mol. The van der Waals surface area contributed by atoms with Crippen molar-refractivity contribution in [2.45, 2.75) is 118 Å². The van der Waals surface area contributed by atoms with Crippen LogP contribution >= 0.6 is 7.26 Å². The van der Waals surface area contributed by atoms with Gasteiger partial charge in [-0.15, -0.1) is 0 Å². The molecule has 0 fully saturated rings. The Balaban J connectivity index is 0. The number of halogens is 4. The Kier molecular flexibility index (Phi) is 22.2. The average Bonchev–Trinajstić information content (AvgIpc) is 2.63. The molecule has 0 spiro atoms. The van der Waals surface area contributed by atoms with E-state index < -0.39 is 14.5 Å². The van der Waals surface area contributed by atoms with Crippen LogP contribution in [0.25, 0.3) is 0 Å². The SMILES string of the molecule is CCCCCCCCCC[P+](CCCC)(CCCC)CCCC.F[B-](F)(F)F. The van der Waals surface area contributed by atoms with Crippen molar-refractivity contribution in [3.8, 4) is 0 Å². The van der Waals surface area contributed by atoms with Gasteiger partial charge in [0, 0.05) is 7.26 Å². The molecule has 0 saturated carbocycles. The zero-order chi connectivity index (χ0) is 21.7. The molecule has 0 atom stereocenters. The Labute approximate surface area is 174 Å². The molecular weight excluding hydrogens is 382 g/mol. The van der Waals surface area contributed by atoms with Crippen LogP contribution in [0.5, 0.6) is 0 Å². The molecule has 0 aliphatic carbocycles. The first kappa shape index (κ1) is 30.4. The Morgan fingerprint density at radius 3 is 1.00 bits per heavy atom. The number of hydrogen-bond donors (Lipinski definition) is 0. The molecule has 0 aromatic heterocycles. The van der Waals surface area contributed by atoms with Crippen LogP contribution in [-0.4, -0.2) is 31.9 Å². The summed E-state index contributed by atoms with van der Waals surface area (Å²) in [5.41, 5.74) is 0. The van der Waals surface area contributed by atoms with Crippen LogP contribution in [-0.2, 0) is 0 Å². The second-order valence-electron chi connectivity index (χ2n) is 8.27. The van der Waals surface area contributed by atoms with Gasteiger partial charge in [-0.25, -0.2) is 0 Å². The smallest absolute Gasteiger partial charge is 0.418 e. The van der Waals surface area contributed by atoms with Crippen LogP contribution in [0.4, 0.5) is 17.3 Å². The van der Waals surface area contributed by atoms with Crippen LogP contribution in [0.3, 0.4) is 0 Å². The lowest BCUT2D eigenvalue weighted by Gasteiger charge is -2.28. The molecule has 0 heterocycles. The van der Waals surface area contributed by atoms with Gasteiger partial charge in [0.05, 0.1) is 24.6 Å². The molecule has 0 aliphatic heterocycles. The summed E-state index contributed by atoms with van der Waals surface area (Å²) in [7, 11) is -6.61. The first-order chi connectivity index (χ1) is 13.2. The fourth-order valence-electron chi connectivity index (χ4n) is 3.73. The molecule has 6 heteroatoms. The third kappa shape index (κ3) is 24.3. The highest BCUT2D eigenvalue weighted by Gasteiger charge is 2.34. The van der Waals surface area contributed by atoms with Crippen molar-refractivity contribution in [1.82, 2.24) is 0 Å². The molecule has 0 aliphatic rings. The van der Waals surface area contributed by atoms with E-state index >= 15 is 0 Å². The standard InChI is InChI=1S/C22H48P.BF4/c1-5-9-13-14-15-16-17-18-22-23(19-10-6-2,20-11-7-3)21-12-8-4;2-1(3,4)5/h5-22H2,1-4H3;/q+1;-1. The predicted molar refractivity (Wildman–Crippen MR) is 124 cm³/mol. The summed E-state index contributed by atoms with van der Waals surface area (Å²) < 4.78 is 39.0. The summed E-state index contributed by atoms with van der Waals surface area (Å²) >= 11 is 0. The molecule has 0 N–H and O–H groups in total. The first-order valence-corrected chi connectivity index (χ1v) is 14.5. The van der Waals surface area contributed by atoms with Gasteiger partial charge in [0.1, 0.15) is 0 Å². The van der Waals surface area contributed by atoms with Crippen molar-refractivity contribution in [2.24, 2.45) is 0 Å². The lowest BCUT2D eigenvalue weighted by Crippen LogP contribution is -2.13. The Bertz CT molecular complexity index is 284. The fraction of sp³-hybridized carbons (Fsp3) is 1.00. The Hall–Kier alpha value is 0.215. The van der Waals surface area contributed by atoms with Crippen molar-refractivity contribution in [3.05, 3.63) is 0 Å². The van der Waals surface area contributed by atoms with E-state index in [-0.39, 0.29) is 0 Å². The van der Waals surface area contributed by atoms with E-state index in [0.717, 1.165) is 0 Å². The highest BCUT2D eigenvalue weighted by molar-refractivity contribution is 7.75. The van der Waals surface area contributed by atoms with Gasteiger partial charge in [-0.1, -0.05) is 85.5 Å². The zero-order valence-corrected chi connectivity index (χ0v) is 20.2. The summed E-state index contributed by atoms with van der Waals surface area (Å²) in [5.74, 6) is 0. The van der Waals surface area contributed by atoms with E-state index in [0.29, 0.717) is 0 Å². The molecule has 0 saturated heterocycles. The quantitative estimate of drug-likeness (QED) is 0.0878. The van der Waals surface area contributed by atoms with E-state index in [2.05, 4.69) is 27.7 Å². The van der Waals surface area contributed by atoms with Crippen LogP contribution in [0.2, 0.25) is 0 Å². The van der Waals surface area contributed by atoms with Gasteiger partial charge < -0.3 is 17.3 Å². The van der Waals surface area contributed by atoms with Gasteiger partial charge in [0.15, 0.2) is 0 Å². The van der Waals surface area contributed by atoms with Gasteiger partial charge in [-0.2, -0.15) is 0 Å². The molecule has 0 radical (unpaired) electrons. The normalized spacial score (nSPS) is 12.0. The van der Waals surface area contributed by atoms with Crippen molar-refractivity contribution in [3.63, 3.8) is 0 Å². The number of hydrogen-bond acceptors (Lipinski definition) is 0. The van der Waals surface area contributed by atoms with Crippen LogP contribution in [0.1, 0.15) is 118 Å². The van der Waals surface area contributed by atoms with Gasteiger partial charge in [0.25, 0.3) is 0 Å². The van der Waals surface area contributed by atoms with Crippen LogP contribution in [0.15, 0.2) is 0 Å². The molecule has 0 nitrogen and oxygen atoms in total. The van der Waals surface area contributed by atoms with E-state index in [9.17, 15) is 17.3 Å². The zero-order valence-electron chi connectivity index (χ0n) is 19.3. The molecule has 0 bridgehead atoms. The van der Waals surface area contributed by atoms with Gasteiger partial charge in [0.2, 0.25) is 0 Å². The minimum atomic E-state index is -6.00. The lowest BCUT2D eigenvalue weighted by atomic mass is 10.1. The van der Waals surface area contributed by atoms with Crippen LogP contribution < -0.4 is 0 Å². The largest absolute Gasteiger partial charge is 0.673 e. The maximum Gasteiger partial charge on any atom is 0.673 e. The van der Waals surface area contributed by atoms with E-state index in [4.69, 9.17) is 0 Å². The van der Waals surface area contributed by atoms with Gasteiger partial charge in [-0.3, -0.25) is 0 Å². The highest BCUT2D eigenvalue weighted by atomic mass is 31.2. The predicted octanol–water partition coefficient (Wildman–Crippen LogP) is 9.84. The molecule has 172 valence electrons. The molecule has 0 aromatic carbocycles. The van der Waals surface area contributed by atoms with E-state index in [1.807, 2.05) is 0 Å².